The molecule has 0 amide bonds. The Morgan fingerprint density at radius 2 is 1.75 bits per heavy atom. The van der Waals surface area contributed by atoms with Crippen LogP contribution in [0.1, 0.15) is 40.5 Å². The van der Waals surface area contributed by atoms with E-state index < -0.39 is 0 Å². The quantitative estimate of drug-likeness (QED) is 0.537. The van der Waals surface area contributed by atoms with Gasteiger partial charge in [-0.2, -0.15) is 0 Å². The van der Waals surface area contributed by atoms with Gasteiger partial charge in [0.25, 0.3) is 0 Å². The molecule has 0 rings (SSSR count). The van der Waals surface area contributed by atoms with Gasteiger partial charge in [-0.05, 0) is 25.2 Å². The van der Waals surface area contributed by atoms with E-state index in [1.807, 2.05) is 0 Å². The van der Waals surface area contributed by atoms with E-state index >= 15 is 0 Å². The SMILES string of the molecule is C=C(C)CC(C)C=CC(C)CC. The maximum atomic E-state index is 3.91. The summed E-state index contributed by atoms with van der Waals surface area (Å²) in [5, 5.41) is 0. The molecular formula is C12H22. The molecule has 0 aliphatic carbocycles. The van der Waals surface area contributed by atoms with Crippen molar-refractivity contribution < 1.29 is 0 Å². The lowest BCUT2D eigenvalue weighted by atomic mass is 10.00. The molecule has 0 bridgehead atoms. The largest absolute Gasteiger partial charge is 0.100 e. The van der Waals surface area contributed by atoms with Crippen molar-refractivity contribution in [1.29, 1.82) is 0 Å². The Morgan fingerprint density at radius 1 is 1.25 bits per heavy atom. The number of allylic oxidation sites excluding steroid dienone is 3. The lowest BCUT2D eigenvalue weighted by Gasteiger charge is -2.06. The molecule has 0 aromatic rings. The molecule has 0 N–H and O–H groups in total. The van der Waals surface area contributed by atoms with E-state index in [1.165, 1.54) is 12.0 Å². The first-order chi connectivity index (χ1) is 5.56. The number of hydrogen-bond donors (Lipinski definition) is 0. The Hall–Kier alpha value is -0.520. The molecule has 0 spiro atoms. The Balaban J connectivity index is 3.74. The Morgan fingerprint density at radius 3 is 2.17 bits per heavy atom. The molecule has 2 atom stereocenters. The van der Waals surface area contributed by atoms with Gasteiger partial charge in [-0.15, -0.1) is 6.58 Å². The highest BCUT2D eigenvalue weighted by Crippen LogP contribution is 2.12. The standard InChI is InChI=1S/C12H22/c1-6-11(4)7-8-12(5)9-10(2)3/h7-8,11-12H,2,6,9H2,1,3-5H3. The fourth-order valence-corrected chi connectivity index (χ4v) is 1.13. The predicted molar refractivity (Wildman–Crippen MR) is 57.2 cm³/mol. The fraction of sp³-hybridized carbons (Fsp3) is 0.667. The van der Waals surface area contributed by atoms with Crippen molar-refractivity contribution in [3.63, 3.8) is 0 Å². The molecule has 0 saturated carbocycles. The van der Waals surface area contributed by atoms with Gasteiger partial charge in [0.15, 0.2) is 0 Å². The summed E-state index contributed by atoms with van der Waals surface area (Å²) in [5.74, 6) is 1.37. The van der Waals surface area contributed by atoms with Crippen LogP contribution in [0.25, 0.3) is 0 Å². The van der Waals surface area contributed by atoms with Gasteiger partial charge in [0.2, 0.25) is 0 Å². The second-order valence-corrected chi connectivity index (χ2v) is 3.91. The van der Waals surface area contributed by atoms with Crippen LogP contribution >= 0.6 is 0 Å². The minimum atomic E-state index is 0.650. The highest BCUT2D eigenvalue weighted by molar-refractivity contribution is 4.97. The third kappa shape index (κ3) is 6.21. The van der Waals surface area contributed by atoms with Crippen LogP contribution in [0.5, 0.6) is 0 Å². The van der Waals surface area contributed by atoms with E-state index in [-0.39, 0.29) is 0 Å². The van der Waals surface area contributed by atoms with Gasteiger partial charge in [-0.25, -0.2) is 0 Å². The van der Waals surface area contributed by atoms with Crippen molar-refractivity contribution in [2.75, 3.05) is 0 Å². The minimum Gasteiger partial charge on any atom is -0.100 e. The molecule has 0 aromatic carbocycles. The first kappa shape index (κ1) is 11.5. The Labute approximate surface area is 77.4 Å². The topological polar surface area (TPSA) is 0 Å². The highest BCUT2D eigenvalue weighted by atomic mass is 14.0. The lowest BCUT2D eigenvalue weighted by Crippen LogP contribution is -1.92. The second-order valence-electron chi connectivity index (χ2n) is 3.91. The molecule has 0 heteroatoms. The van der Waals surface area contributed by atoms with Gasteiger partial charge in [-0.1, -0.05) is 44.9 Å². The first-order valence-electron chi connectivity index (χ1n) is 4.89. The zero-order chi connectivity index (χ0) is 9.56. The molecule has 0 saturated heterocycles. The normalized spacial score (nSPS) is 16.3. The Kier molecular flexibility index (Phi) is 5.79. The van der Waals surface area contributed by atoms with Gasteiger partial charge < -0.3 is 0 Å². The van der Waals surface area contributed by atoms with Crippen molar-refractivity contribution in [2.24, 2.45) is 11.8 Å². The molecule has 12 heavy (non-hydrogen) atoms. The van der Waals surface area contributed by atoms with Gasteiger partial charge in [0, 0.05) is 0 Å². The van der Waals surface area contributed by atoms with Gasteiger partial charge >= 0.3 is 0 Å². The summed E-state index contributed by atoms with van der Waals surface area (Å²) in [6.45, 7) is 12.7. The van der Waals surface area contributed by atoms with Crippen LogP contribution in [0.3, 0.4) is 0 Å². The zero-order valence-electron chi connectivity index (χ0n) is 8.93. The molecule has 2 unspecified atom stereocenters. The van der Waals surface area contributed by atoms with E-state index in [1.54, 1.807) is 0 Å². The summed E-state index contributed by atoms with van der Waals surface area (Å²) in [4.78, 5) is 0. The number of rotatable bonds is 5. The molecule has 0 aromatic heterocycles. The van der Waals surface area contributed by atoms with Crippen molar-refractivity contribution in [3.05, 3.63) is 24.3 Å². The summed E-state index contributed by atoms with van der Waals surface area (Å²) in [7, 11) is 0. The van der Waals surface area contributed by atoms with Gasteiger partial charge in [0.05, 0.1) is 0 Å². The van der Waals surface area contributed by atoms with Crippen LogP contribution in [0.2, 0.25) is 0 Å². The first-order valence-corrected chi connectivity index (χ1v) is 4.89. The van der Waals surface area contributed by atoms with E-state index in [0.29, 0.717) is 5.92 Å². The lowest BCUT2D eigenvalue weighted by molar-refractivity contribution is 0.667. The van der Waals surface area contributed by atoms with Crippen LogP contribution < -0.4 is 0 Å². The maximum Gasteiger partial charge on any atom is -0.0225 e. The van der Waals surface area contributed by atoms with Crippen molar-refractivity contribution in [1.82, 2.24) is 0 Å². The summed E-state index contributed by atoms with van der Waals surface area (Å²) in [5.41, 5.74) is 1.27. The van der Waals surface area contributed by atoms with Crippen LogP contribution in [0, 0.1) is 11.8 Å². The van der Waals surface area contributed by atoms with E-state index in [2.05, 4.69) is 46.4 Å². The fourth-order valence-electron chi connectivity index (χ4n) is 1.13. The highest BCUT2D eigenvalue weighted by Gasteiger charge is 1.97. The molecular weight excluding hydrogens is 144 g/mol. The van der Waals surface area contributed by atoms with Crippen LogP contribution in [0.4, 0.5) is 0 Å². The van der Waals surface area contributed by atoms with Gasteiger partial charge in [0.1, 0.15) is 0 Å². The van der Waals surface area contributed by atoms with Crippen molar-refractivity contribution >= 4 is 0 Å². The van der Waals surface area contributed by atoms with Crippen molar-refractivity contribution in [3.8, 4) is 0 Å². The maximum absolute atomic E-state index is 3.91. The van der Waals surface area contributed by atoms with Crippen LogP contribution in [0.15, 0.2) is 24.3 Å². The molecule has 0 nitrogen and oxygen atoms in total. The average molecular weight is 166 g/mol. The predicted octanol–water partition coefficient (Wildman–Crippen LogP) is 4.19. The third-order valence-corrected chi connectivity index (χ3v) is 2.08. The smallest absolute Gasteiger partial charge is 0.0225 e. The second kappa shape index (κ2) is 6.05. The molecule has 0 radical (unpaired) electrons. The average Bonchev–Trinajstić information content (AvgIpc) is 1.99. The summed E-state index contributed by atoms with van der Waals surface area (Å²) in [6, 6.07) is 0. The number of hydrogen-bond acceptors (Lipinski definition) is 0. The Bertz CT molecular complexity index is 153. The van der Waals surface area contributed by atoms with Crippen LogP contribution in [-0.4, -0.2) is 0 Å². The molecule has 70 valence electrons. The van der Waals surface area contributed by atoms with Crippen LogP contribution in [-0.2, 0) is 0 Å². The van der Waals surface area contributed by atoms with Gasteiger partial charge in [-0.3, -0.25) is 0 Å². The molecule has 0 aliphatic heterocycles. The molecule has 0 aliphatic rings. The summed E-state index contributed by atoms with van der Waals surface area (Å²) < 4.78 is 0. The summed E-state index contributed by atoms with van der Waals surface area (Å²) >= 11 is 0. The third-order valence-electron chi connectivity index (χ3n) is 2.08. The van der Waals surface area contributed by atoms with E-state index in [9.17, 15) is 0 Å². The minimum absolute atomic E-state index is 0.650. The summed E-state index contributed by atoms with van der Waals surface area (Å²) in [6.07, 6.45) is 6.97. The molecule has 0 fully saturated rings. The van der Waals surface area contributed by atoms with E-state index in [0.717, 1.165) is 12.3 Å². The monoisotopic (exact) mass is 166 g/mol. The van der Waals surface area contributed by atoms with Crippen molar-refractivity contribution in [2.45, 2.75) is 40.5 Å². The zero-order valence-corrected chi connectivity index (χ0v) is 8.93. The molecule has 0 heterocycles. The van der Waals surface area contributed by atoms with E-state index in [4.69, 9.17) is 0 Å².